The molecule has 35 heavy (non-hydrogen) atoms. The number of carbonyl (C=O) groups excluding carboxylic acids is 1. The summed E-state index contributed by atoms with van der Waals surface area (Å²) in [4.78, 5) is 25.5. The summed E-state index contributed by atoms with van der Waals surface area (Å²) >= 11 is 0. The highest BCUT2D eigenvalue weighted by Gasteiger charge is 2.26. The number of amides is 1. The van der Waals surface area contributed by atoms with Crippen LogP contribution in [0.25, 0.3) is 0 Å². The lowest BCUT2D eigenvalue weighted by Gasteiger charge is -2.33. The highest BCUT2D eigenvalue weighted by Crippen LogP contribution is 2.27. The second kappa shape index (κ2) is 10.2. The molecule has 1 unspecified atom stereocenters. The predicted octanol–water partition coefficient (Wildman–Crippen LogP) is 3.53. The van der Waals surface area contributed by atoms with E-state index < -0.39 is 11.8 Å². The van der Waals surface area contributed by atoms with Crippen molar-refractivity contribution in [1.29, 1.82) is 5.41 Å². The van der Waals surface area contributed by atoms with Gasteiger partial charge in [0, 0.05) is 25.2 Å². The zero-order chi connectivity index (χ0) is 24.9. The van der Waals surface area contributed by atoms with Gasteiger partial charge >= 0.3 is 0 Å². The van der Waals surface area contributed by atoms with Gasteiger partial charge in [0.05, 0.1) is 16.8 Å². The summed E-state index contributed by atoms with van der Waals surface area (Å²) in [5.74, 6) is -1.84. The summed E-state index contributed by atoms with van der Waals surface area (Å²) in [5.41, 5.74) is 5.69. The summed E-state index contributed by atoms with van der Waals surface area (Å²) in [7, 11) is 0. The lowest BCUT2D eigenvalue weighted by Crippen LogP contribution is -2.44. The summed E-state index contributed by atoms with van der Waals surface area (Å²) in [6, 6.07) is 8.13. The van der Waals surface area contributed by atoms with Gasteiger partial charge in [0.1, 0.15) is 18.0 Å². The minimum Gasteiger partial charge on any atom is -0.436 e. The molecule has 1 amide bonds. The van der Waals surface area contributed by atoms with Gasteiger partial charge in [0.2, 0.25) is 17.7 Å². The molecular weight excluding hydrogens is 456 g/mol. The fourth-order valence-corrected chi connectivity index (χ4v) is 3.81. The molecule has 1 atom stereocenters. The Labute approximate surface area is 200 Å². The number of ether oxygens (including phenoxy) is 1. The Balaban J connectivity index is 1.57. The van der Waals surface area contributed by atoms with Crippen molar-refractivity contribution in [2.75, 3.05) is 24.1 Å². The van der Waals surface area contributed by atoms with Crippen molar-refractivity contribution in [2.45, 2.75) is 18.9 Å². The van der Waals surface area contributed by atoms with E-state index in [-0.39, 0.29) is 52.1 Å². The molecule has 1 aliphatic rings. The van der Waals surface area contributed by atoms with Crippen LogP contribution >= 0.6 is 0 Å². The van der Waals surface area contributed by atoms with Gasteiger partial charge in [-0.15, -0.1) is 0 Å². The third kappa shape index (κ3) is 5.24. The summed E-state index contributed by atoms with van der Waals surface area (Å²) in [6.45, 7) is 4.56. The zero-order valence-electron chi connectivity index (χ0n) is 18.7. The molecule has 0 spiro atoms. The maximum Gasteiger partial charge on any atom is 0.246 e. The summed E-state index contributed by atoms with van der Waals surface area (Å²) < 4.78 is 34.1. The maximum absolute atomic E-state index is 14.9. The largest absolute Gasteiger partial charge is 0.436 e. The molecule has 0 saturated carbocycles. The molecule has 0 radical (unpaired) electrons. The number of hydrogen-bond acceptors (Lipinski definition) is 8. The number of para-hydroxylation sites is 1. The molecule has 1 fully saturated rings. The van der Waals surface area contributed by atoms with Crippen molar-refractivity contribution in [1.82, 2.24) is 19.9 Å². The van der Waals surface area contributed by atoms with Crippen LogP contribution in [-0.2, 0) is 4.79 Å². The molecule has 11 heteroatoms. The van der Waals surface area contributed by atoms with E-state index in [1.54, 1.807) is 11.0 Å². The number of benzene rings is 1. The second-order valence-corrected chi connectivity index (χ2v) is 7.85. The van der Waals surface area contributed by atoms with Crippen LogP contribution in [0.1, 0.15) is 24.0 Å². The predicted molar refractivity (Wildman–Crippen MR) is 126 cm³/mol. The van der Waals surface area contributed by atoms with E-state index in [0.717, 1.165) is 12.8 Å². The Morgan fingerprint density at radius 3 is 2.80 bits per heavy atom. The Morgan fingerprint density at radius 1 is 1.26 bits per heavy atom. The first-order valence-corrected chi connectivity index (χ1v) is 10.8. The van der Waals surface area contributed by atoms with E-state index in [0.29, 0.717) is 13.1 Å². The van der Waals surface area contributed by atoms with Gasteiger partial charge in [-0.2, -0.15) is 9.37 Å². The molecule has 1 aliphatic heterocycles. The van der Waals surface area contributed by atoms with E-state index in [9.17, 15) is 13.6 Å². The minimum atomic E-state index is -1.00. The van der Waals surface area contributed by atoms with Gasteiger partial charge in [-0.3, -0.25) is 10.2 Å². The van der Waals surface area contributed by atoms with Crippen molar-refractivity contribution in [3.05, 3.63) is 78.3 Å². The molecule has 4 N–H and O–H groups in total. The van der Waals surface area contributed by atoms with Crippen molar-refractivity contribution in [3.8, 4) is 11.6 Å². The van der Waals surface area contributed by atoms with Crippen molar-refractivity contribution >= 4 is 23.3 Å². The smallest absolute Gasteiger partial charge is 0.246 e. The number of likely N-dealkylation sites (tertiary alicyclic amines) is 1. The number of hydrogen-bond donors (Lipinski definition) is 3. The van der Waals surface area contributed by atoms with Crippen molar-refractivity contribution < 1.29 is 18.3 Å². The number of piperidine rings is 1. The monoisotopic (exact) mass is 479 g/mol. The SMILES string of the molecule is C=CC(=O)N1CCCC(Nc2ncnc(N)c2C(=N)c2ccc(Oc3ccccc3F)nc2F)C1. The van der Waals surface area contributed by atoms with Gasteiger partial charge < -0.3 is 20.7 Å². The van der Waals surface area contributed by atoms with E-state index in [2.05, 4.69) is 26.8 Å². The molecule has 1 saturated heterocycles. The molecule has 2 aromatic heterocycles. The highest BCUT2D eigenvalue weighted by molar-refractivity contribution is 6.16. The topological polar surface area (TPSA) is 130 Å². The minimum absolute atomic E-state index is 0.0200. The van der Waals surface area contributed by atoms with E-state index in [1.165, 1.54) is 42.7 Å². The molecule has 1 aromatic carbocycles. The quantitative estimate of drug-likeness (QED) is 0.268. The van der Waals surface area contributed by atoms with E-state index in [4.69, 9.17) is 15.9 Å². The van der Waals surface area contributed by atoms with Gasteiger partial charge in [-0.1, -0.05) is 18.7 Å². The van der Waals surface area contributed by atoms with Crippen LogP contribution in [0.3, 0.4) is 0 Å². The number of anilines is 2. The first kappa shape index (κ1) is 23.7. The summed E-state index contributed by atoms with van der Waals surface area (Å²) in [5, 5.41) is 11.8. The number of rotatable bonds is 7. The summed E-state index contributed by atoms with van der Waals surface area (Å²) in [6.07, 6.45) is 4.04. The molecule has 9 nitrogen and oxygen atoms in total. The first-order valence-electron chi connectivity index (χ1n) is 10.8. The molecule has 3 aromatic rings. The van der Waals surface area contributed by atoms with Crippen molar-refractivity contribution in [2.24, 2.45) is 0 Å². The van der Waals surface area contributed by atoms with E-state index in [1.807, 2.05) is 0 Å². The van der Waals surface area contributed by atoms with E-state index >= 15 is 0 Å². The normalized spacial score (nSPS) is 15.4. The first-order chi connectivity index (χ1) is 16.9. The Bertz CT molecular complexity index is 1280. The van der Waals surface area contributed by atoms with Crippen LogP contribution in [0.15, 0.2) is 55.4 Å². The number of carbonyl (C=O) groups is 1. The maximum atomic E-state index is 14.9. The number of nitrogens with zero attached hydrogens (tertiary/aromatic N) is 4. The number of halogens is 2. The zero-order valence-corrected chi connectivity index (χ0v) is 18.7. The second-order valence-electron chi connectivity index (χ2n) is 7.85. The van der Waals surface area contributed by atoms with Gasteiger partial charge in [0.25, 0.3) is 0 Å². The standard InChI is InChI=1S/C24H23F2N7O2/c1-2-19(34)33-11-5-6-14(12-33)31-24-20(23(28)29-13-30-24)21(27)15-9-10-18(32-22(15)26)35-17-8-4-3-7-16(17)25/h2-4,7-10,13-14,27H,1,5-6,11-12H2,(H3,28,29,30,31). The third-order valence-corrected chi connectivity index (χ3v) is 5.52. The number of pyridine rings is 1. The molecular formula is C24H23F2N7O2. The van der Waals surface area contributed by atoms with Crippen LogP contribution < -0.4 is 15.8 Å². The van der Waals surface area contributed by atoms with Crippen LogP contribution in [0, 0.1) is 17.2 Å². The van der Waals surface area contributed by atoms with Crippen LogP contribution in [0.4, 0.5) is 20.4 Å². The molecule has 180 valence electrons. The van der Waals surface area contributed by atoms with Gasteiger partial charge in [-0.05, 0) is 37.1 Å². The number of nitrogens with one attached hydrogen (secondary N) is 2. The Morgan fingerprint density at radius 2 is 2.06 bits per heavy atom. The van der Waals surface area contributed by atoms with Crippen LogP contribution in [0.2, 0.25) is 0 Å². The number of nitrogen functional groups attached to an aromatic ring is 1. The lowest BCUT2D eigenvalue weighted by molar-refractivity contribution is -0.127. The Kier molecular flexibility index (Phi) is 6.95. The van der Waals surface area contributed by atoms with Crippen LogP contribution in [0.5, 0.6) is 11.6 Å². The van der Waals surface area contributed by atoms with Crippen LogP contribution in [-0.4, -0.2) is 50.6 Å². The highest BCUT2D eigenvalue weighted by atomic mass is 19.1. The fraction of sp³-hybridized carbons (Fsp3) is 0.208. The Hall–Kier alpha value is -4.41. The third-order valence-electron chi connectivity index (χ3n) is 5.52. The van der Waals surface area contributed by atoms with Gasteiger partial charge in [-0.25, -0.2) is 14.4 Å². The lowest BCUT2D eigenvalue weighted by atomic mass is 10.0. The average Bonchev–Trinajstić information content (AvgIpc) is 2.85. The average molecular weight is 479 g/mol. The molecule has 0 bridgehead atoms. The van der Waals surface area contributed by atoms with Gasteiger partial charge in [0.15, 0.2) is 11.6 Å². The molecule has 3 heterocycles. The fourth-order valence-electron chi connectivity index (χ4n) is 3.81. The van der Waals surface area contributed by atoms with Crippen molar-refractivity contribution in [3.63, 3.8) is 0 Å². The molecule has 4 rings (SSSR count). The number of aromatic nitrogens is 3. The molecule has 0 aliphatic carbocycles. The number of nitrogens with two attached hydrogens (primary N) is 1.